The van der Waals surface area contributed by atoms with E-state index >= 15 is 0 Å². The largest absolute Gasteiger partial charge is 0.468 e. The minimum atomic E-state index is -1.08. The third-order valence-electron chi connectivity index (χ3n) is 3.42. The molecule has 0 saturated heterocycles. The van der Waals surface area contributed by atoms with E-state index in [1.165, 1.54) is 11.3 Å². The van der Waals surface area contributed by atoms with Crippen molar-refractivity contribution in [1.82, 2.24) is 0 Å². The van der Waals surface area contributed by atoms with Gasteiger partial charge in [0, 0.05) is 11.1 Å². The van der Waals surface area contributed by atoms with E-state index < -0.39 is 8.07 Å². The molecule has 0 aromatic carbocycles. The molecule has 0 saturated carbocycles. The Balaban J connectivity index is 2.31. The first-order valence-electron chi connectivity index (χ1n) is 4.43. The fourth-order valence-electron chi connectivity index (χ4n) is 3.10. The van der Waals surface area contributed by atoms with Crippen molar-refractivity contribution in [2.45, 2.75) is 25.6 Å². The predicted octanol–water partition coefficient (Wildman–Crippen LogP) is 2.95. The minimum absolute atomic E-state index is 0.706. The fraction of sp³-hybridized carbons (Fsp3) is 0.400. The Morgan fingerprint density at radius 2 is 2.17 bits per heavy atom. The van der Waals surface area contributed by atoms with Gasteiger partial charge in [-0.3, -0.25) is 0 Å². The maximum atomic E-state index is 5.53. The van der Waals surface area contributed by atoms with Crippen molar-refractivity contribution in [3.05, 3.63) is 29.2 Å². The summed E-state index contributed by atoms with van der Waals surface area (Å²) >= 11 is 0. The Bertz CT molecular complexity index is 398. The lowest BCUT2D eigenvalue weighted by molar-refractivity contribution is 0.514. The van der Waals surface area contributed by atoms with E-state index in [1.807, 2.05) is 6.26 Å². The van der Waals surface area contributed by atoms with Crippen LogP contribution in [0.15, 0.2) is 22.3 Å². The Labute approximate surface area is 73.1 Å². The van der Waals surface area contributed by atoms with Gasteiger partial charge in [0.05, 0.1) is 14.3 Å². The lowest BCUT2D eigenvalue weighted by atomic mass is 10.2. The first kappa shape index (κ1) is 6.72. The van der Waals surface area contributed by atoms with E-state index in [-0.39, 0.29) is 0 Å². The number of furan rings is 1. The summed E-state index contributed by atoms with van der Waals surface area (Å²) in [5.74, 6) is 1.26. The summed E-state index contributed by atoms with van der Waals surface area (Å²) in [6, 6.07) is 2.13. The second-order valence-corrected chi connectivity index (χ2v) is 8.93. The molecular weight excluding hydrogens is 164 g/mol. The highest BCUT2D eigenvalue weighted by atomic mass is 28.3. The summed E-state index contributed by atoms with van der Waals surface area (Å²) in [6.07, 6.45) is 1.83. The van der Waals surface area contributed by atoms with Crippen molar-refractivity contribution in [3.8, 4) is 0 Å². The van der Waals surface area contributed by atoms with Crippen LogP contribution in [0.3, 0.4) is 0 Å². The van der Waals surface area contributed by atoms with Gasteiger partial charge in [-0.15, -0.1) is 0 Å². The molecule has 0 fully saturated rings. The third-order valence-corrected chi connectivity index (χ3v) is 7.51. The Morgan fingerprint density at radius 1 is 1.42 bits per heavy atom. The molecule has 4 rings (SSSR count). The highest BCUT2D eigenvalue weighted by Gasteiger charge is 2.56. The Hall–Kier alpha value is -0.763. The summed E-state index contributed by atoms with van der Waals surface area (Å²) in [6.45, 7) is 7.14. The SMILES string of the molecule is CC1=C2c3ccoc3C1[Si]2(C)C. The normalized spacial score (nSPS) is 28.8. The highest BCUT2D eigenvalue weighted by Crippen LogP contribution is 2.61. The zero-order valence-electron chi connectivity index (χ0n) is 7.64. The van der Waals surface area contributed by atoms with Crippen LogP contribution in [0, 0.1) is 0 Å². The van der Waals surface area contributed by atoms with Crippen molar-refractivity contribution in [2.24, 2.45) is 0 Å². The van der Waals surface area contributed by atoms with Gasteiger partial charge in [0.25, 0.3) is 0 Å². The molecule has 62 valence electrons. The lowest BCUT2D eigenvalue weighted by Crippen LogP contribution is -2.41. The third kappa shape index (κ3) is 0.452. The first-order valence-corrected chi connectivity index (χ1v) is 7.51. The smallest absolute Gasteiger partial charge is 0.115 e. The molecule has 2 aliphatic heterocycles. The Kier molecular flexibility index (Phi) is 0.906. The van der Waals surface area contributed by atoms with Gasteiger partial charge < -0.3 is 4.42 Å². The van der Waals surface area contributed by atoms with Crippen LogP contribution >= 0.6 is 0 Å². The summed E-state index contributed by atoms with van der Waals surface area (Å²) in [5.41, 5.74) is 3.72. The molecule has 2 bridgehead atoms. The molecule has 2 heteroatoms. The monoisotopic (exact) mass is 176 g/mol. The molecule has 1 aromatic rings. The van der Waals surface area contributed by atoms with E-state index in [0.717, 1.165) is 0 Å². The number of rotatable bonds is 0. The van der Waals surface area contributed by atoms with Crippen LogP contribution in [0.2, 0.25) is 13.1 Å². The van der Waals surface area contributed by atoms with Crippen LogP contribution < -0.4 is 0 Å². The van der Waals surface area contributed by atoms with E-state index in [4.69, 9.17) is 4.42 Å². The van der Waals surface area contributed by atoms with Crippen LogP contribution in [0.1, 0.15) is 23.8 Å². The van der Waals surface area contributed by atoms with Crippen LogP contribution in [0.5, 0.6) is 0 Å². The molecule has 1 atom stereocenters. The van der Waals surface area contributed by atoms with Gasteiger partial charge in [-0.25, -0.2) is 0 Å². The topological polar surface area (TPSA) is 13.1 Å². The van der Waals surface area contributed by atoms with Gasteiger partial charge in [0.15, 0.2) is 0 Å². The molecule has 0 N–H and O–H groups in total. The second-order valence-electron chi connectivity index (χ2n) is 4.41. The van der Waals surface area contributed by atoms with E-state index in [1.54, 1.807) is 10.8 Å². The molecule has 3 heterocycles. The summed E-state index contributed by atoms with van der Waals surface area (Å²) < 4.78 is 5.53. The molecule has 1 nitrogen and oxygen atoms in total. The van der Waals surface area contributed by atoms with Crippen LogP contribution in [0.25, 0.3) is 5.20 Å². The first-order chi connectivity index (χ1) is 5.64. The van der Waals surface area contributed by atoms with Crippen molar-refractivity contribution < 1.29 is 4.42 Å². The van der Waals surface area contributed by atoms with Gasteiger partial charge in [0.1, 0.15) is 5.76 Å². The molecule has 12 heavy (non-hydrogen) atoms. The zero-order chi connectivity index (χ0) is 8.51. The van der Waals surface area contributed by atoms with Gasteiger partial charge in [-0.05, 0) is 18.2 Å². The average molecular weight is 176 g/mol. The quantitative estimate of drug-likeness (QED) is 0.554. The summed E-state index contributed by atoms with van der Waals surface area (Å²) in [5, 5.41) is 1.66. The van der Waals surface area contributed by atoms with Gasteiger partial charge in [0.2, 0.25) is 0 Å². The molecular formula is C10H12OSi. The van der Waals surface area contributed by atoms with Gasteiger partial charge >= 0.3 is 0 Å². The average Bonchev–Trinajstić information content (AvgIpc) is 2.48. The van der Waals surface area contributed by atoms with Crippen LogP contribution in [-0.4, -0.2) is 8.07 Å². The minimum Gasteiger partial charge on any atom is -0.468 e. The second kappa shape index (κ2) is 1.62. The van der Waals surface area contributed by atoms with Crippen LogP contribution in [-0.2, 0) is 0 Å². The number of hydrogen-bond donors (Lipinski definition) is 0. The van der Waals surface area contributed by atoms with Gasteiger partial charge in [-0.1, -0.05) is 18.7 Å². The predicted molar refractivity (Wildman–Crippen MR) is 51.5 cm³/mol. The number of allylic oxidation sites excluding steroid dienone is 1. The Morgan fingerprint density at radius 3 is 2.75 bits per heavy atom. The van der Waals surface area contributed by atoms with E-state index in [9.17, 15) is 0 Å². The van der Waals surface area contributed by atoms with Crippen molar-refractivity contribution in [2.75, 3.05) is 0 Å². The summed E-state index contributed by atoms with van der Waals surface area (Å²) in [4.78, 5) is 0. The highest BCUT2D eigenvalue weighted by molar-refractivity contribution is 7.01. The maximum Gasteiger partial charge on any atom is 0.115 e. The standard InChI is InChI=1S/C10H12OSi/c1-6-9-7-4-5-11-8(7)10(6)12(9,2)3/h4-5,10H,1-3H3. The molecule has 1 aromatic heterocycles. The molecule has 1 aliphatic carbocycles. The fourth-order valence-corrected chi connectivity index (χ4v) is 7.32. The summed E-state index contributed by atoms with van der Waals surface area (Å²) in [7, 11) is -1.08. The van der Waals surface area contributed by atoms with Crippen molar-refractivity contribution in [1.29, 1.82) is 0 Å². The van der Waals surface area contributed by atoms with Crippen molar-refractivity contribution >= 4 is 13.3 Å². The molecule has 0 amide bonds. The molecule has 3 aliphatic rings. The molecule has 0 radical (unpaired) electrons. The lowest BCUT2D eigenvalue weighted by Gasteiger charge is -2.38. The molecule has 0 spiro atoms. The molecule has 1 unspecified atom stereocenters. The number of hydrogen-bond acceptors (Lipinski definition) is 1. The van der Waals surface area contributed by atoms with Crippen LogP contribution in [0.4, 0.5) is 0 Å². The zero-order valence-corrected chi connectivity index (χ0v) is 8.64. The van der Waals surface area contributed by atoms with Gasteiger partial charge in [-0.2, -0.15) is 0 Å². The van der Waals surface area contributed by atoms with E-state index in [2.05, 4.69) is 26.1 Å². The maximum absolute atomic E-state index is 5.53. The van der Waals surface area contributed by atoms with E-state index in [0.29, 0.717) is 5.54 Å². The van der Waals surface area contributed by atoms with Crippen molar-refractivity contribution in [3.63, 3.8) is 0 Å².